The standard InChI is InChI=1S/C14H20N2/c1-3-12-4-6-13(7-5-12)8-9-14(10-15)11-16-2/h3-7,11,16H,1,8-10,15H2,2H3/b14-11-. The molecule has 2 heteroatoms. The minimum atomic E-state index is 0.617. The molecule has 0 aliphatic heterocycles. The van der Waals surface area contributed by atoms with E-state index in [0.717, 1.165) is 18.4 Å². The number of nitrogens with two attached hydrogens (primary N) is 1. The van der Waals surface area contributed by atoms with Crippen molar-refractivity contribution >= 4 is 6.08 Å². The van der Waals surface area contributed by atoms with Crippen molar-refractivity contribution in [3.8, 4) is 0 Å². The molecule has 0 aromatic heterocycles. The van der Waals surface area contributed by atoms with Crippen molar-refractivity contribution in [3.05, 3.63) is 53.7 Å². The molecule has 0 spiro atoms. The predicted molar refractivity (Wildman–Crippen MR) is 71.1 cm³/mol. The van der Waals surface area contributed by atoms with Gasteiger partial charge in [0.15, 0.2) is 0 Å². The largest absolute Gasteiger partial charge is 0.394 e. The van der Waals surface area contributed by atoms with Crippen molar-refractivity contribution in [2.45, 2.75) is 12.8 Å². The molecule has 86 valence electrons. The maximum atomic E-state index is 5.65. The molecular formula is C14H20N2. The first-order valence-corrected chi connectivity index (χ1v) is 5.56. The van der Waals surface area contributed by atoms with E-state index in [-0.39, 0.29) is 0 Å². The predicted octanol–water partition coefficient (Wildman–Crippen LogP) is 2.32. The molecule has 2 nitrogen and oxygen atoms in total. The number of hydrogen-bond donors (Lipinski definition) is 2. The van der Waals surface area contributed by atoms with Crippen molar-refractivity contribution in [2.24, 2.45) is 5.73 Å². The van der Waals surface area contributed by atoms with Gasteiger partial charge in [-0.25, -0.2) is 0 Å². The first-order valence-electron chi connectivity index (χ1n) is 5.56. The molecule has 0 fully saturated rings. The second kappa shape index (κ2) is 6.85. The van der Waals surface area contributed by atoms with Gasteiger partial charge in [-0.2, -0.15) is 0 Å². The summed E-state index contributed by atoms with van der Waals surface area (Å²) < 4.78 is 0. The van der Waals surface area contributed by atoms with Gasteiger partial charge in [-0.3, -0.25) is 0 Å². The number of rotatable bonds is 6. The summed E-state index contributed by atoms with van der Waals surface area (Å²) in [5.41, 5.74) is 9.39. The third-order valence-electron chi connectivity index (χ3n) is 2.56. The van der Waals surface area contributed by atoms with Gasteiger partial charge in [0.25, 0.3) is 0 Å². The molecule has 16 heavy (non-hydrogen) atoms. The van der Waals surface area contributed by atoms with Gasteiger partial charge in [-0.1, -0.05) is 36.9 Å². The third kappa shape index (κ3) is 3.91. The van der Waals surface area contributed by atoms with Crippen molar-refractivity contribution in [1.29, 1.82) is 0 Å². The summed E-state index contributed by atoms with van der Waals surface area (Å²) in [6, 6.07) is 8.47. The molecule has 0 amide bonds. The molecule has 0 aliphatic carbocycles. The van der Waals surface area contributed by atoms with Gasteiger partial charge in [-0.15, -0.1) is 0 Å². The Bertz CT molecular complexity index is 350. The lowest BCUT2D eigenvalue weighted by atomic mass is 10.0. The van der Waals surface area contributed by atoms with Gasteiger partial charge in [0, 0.05) is 13.6 Å². The topological polar surface area (TPSA) is 38.0 Å². The second-order valence-corrected chi connectivity index (χ2v) is 3.74. The van der Waals surface area contributed by atoms with Crippen LogP contribution in [0.2, 0.25) is 0 Å². The molecule has 0 bridgehead atoms. The van der Waals surface area contributed by atoms with E-state index in [0.29, 0.717) is 6.54 Å². The molecule has 0 aliphatic rings. The SMILES string of the molecule is C=Cc1ccc(CC/C(=C/NC)CN)cc1. The van der Waals surface area contributed by atoms with Crippen LogP contribution >= 0.6 is 0 Å². The van der Waals surface area contributed by atoms with E-state index in [4.69, 9.17) is 5.73 Å². The van der Waals surface area contributed by atoms with E-state index in [9.17, 15) is 0 Å². The lowest BCUT2D eigenvalue weighted by Crippen LogP contribution is -2.08. The van der Waals surface area contributed by atoms with Crippen LogP contribution in [-0.4, -0.2) is 13.6 Å². The summed E-state index contributed by atoms with van der Waals surface area (Å²) in [6.07, 6.45) is 5.88. The first kappa shape index (κ1) is 12.5. The fraction of sp³-hybridized carbons (Fsp3) is 0.286. The van der Waals surface area contributed by atoms with E-state index in [1.807, 2.05) is 19.3 Å². The van der Waals surface area contributed by atoms with Crippen LogP contribution in [0.15, 0.2) is 42.6 Å². The first-order chi connectivity index (χ1) is 7.80. The smallest absolute Gasteiger partial charge is 0.0154 e. The fourth-order valence-corrected chi connectivity index (χ4v) is 1.56. The van der Waals surface area contributed by atoms with Crippen molar-refractivity contribution in [3.63, 3.8) is 0 Å². The van der Waals surface area contributed by atoms with E-state index in [1.165, 1.54) is 11.1 Å². The molecule has 0 heterocycles. The maximum absolute atomic E-state index is 5.65. The summed E-state index contributed by atoms with van der Waals surface area (Å²) in [5.74, 6) is 0. The Hall–Kier alpha value is -1.54. The summed E-state index contributed by atoms with van der Waals surface area (Å²) in [4.78, 5) is 0. The average Bonchev–Trinajstić information content (AvgIpc) is 2.35. The van der Waals surface area contributed by atoms with Gasteiger partial charge in [0.05, 0.1) is 0 Å². The normalized spacial score (nSPS) is 11.2. The highest BCUT2D eigenvalue weighted by molar-refractivity contribution is 5.47. The summed E-state index contributed by atoms with van der Waals surface area (Å²) in [7, 11) is 1.90. The average molecular weight is 216 g/mol. The highest BCUT2D eigenvalue weighted by Crippen LogP contribution is 2.10. The zero-order valence-electron chi connectivity index (χ0n) is 9.87. The molecular weight excluding hydrogens is 196 g/mol. The molecule has 0 saturated carbocycles. The number of hydrogen-bond acceptors (Lipinski definition) is 2. The van der Waals surface area contributed by atoms with Crippen molar-refractivity contribution < 1.29 is 0 Å². The minimum Gasteiger partial charge on any atom is -0.394 e. The van der Waals surface area contributed by atoms with Crippen LogP contribution in [0.25, 0.3) is 6.08 Å². The molecule has 0 atom stereocenters. The Kier molecular flexibility index (Phi) is 5.37. The highest BCUT2D eigenvalue weighted by atomic mass is 14.8. The molecule has 0 saturated heterocycles. The number of nitrogens with one attached hydrogen (secondary N) is 1. The van der Waals surface area contributed by atoms with E-state index < -0.39 is 0 Å². The Morgan fingerprint density at radius 2 is 2.06 bits per heavy atom. The second-order valence-electron chi connectivity index (χ2n) is 3.74. The summed E-state index contributed by atoms with van der Waals surface area (Å²) >= 11 is 0. The Morgan fingerprint density at radius 1 is 1.38 bits per heavy atom. The van der Waals surface area contributed by atoms with Gasteiger partial charge in [-0.05, 0) is 35.7 Å². The van der Waals surface area contributed by atoms with Crippen LogP contribution in [0, 0.1) is 0 Å². The monoisotopic (exact) mass is 216 g/mol. The minimum absolute atomic E-state index is 0.617. The van der Waals surface area contributed by atoms with Crippen LogP contribution in [0.5, 0.6) is 0 Å². The van der Waals surface area contributed by atoms with Crippen LogP contribution in [0.4, 0.5) is 0 Å². The zero-order chi connectivity index (χ0) is 11.8. The van der Waals surface area contributed by atoms with Gasteiger partial charge in [0.2, 0.25) is 0 Å². The van der Waals surface area contributed by atoms with Gasteiger partial charge in [0.1, 0.15) is 0 Å². The van der Waals surface area contributed by atoms with Gasteiger partial charge >= 0.3 is 0 Å². The van der Waals surface area contributed by atoms with Crippen molar-refractivity contribution in [2.75, 3.05) is 13.6 Å². The Labute approximate surface area is 97.9 Å². The van der Waals surface area contributed by atoms with E-state index >= 15 is 0 Å². The molecule has 1 rings (SSSR count). The molecule has 1 aromatic carbocycles. The fourth-order valence-electron chi connectivity index (χ4n) is 1.56. The van der Waals surface area contributed by atoms with Crippen LogP contribution in [-0.2, 0) is 6.42 Å². The lowest BCUT2D eigenvalue weighted by Gasteiger charge is -2.05. The van der Waals surface area contributed by atoms with Crippen LogP contribution in [0.1, 0.15) is 17.5 Å². The molecule has 0 radical (unpaired) electrons. The number of benzene rings is 1. The molecule has 0 unspecified atom stereocenters. The van der Waals surface area contributed by atoms with Crippen LogP contribution < -0.4 is 11.1 Å². The Balaban J connectivity index is 2.53. The summed E-state index contributed by atoms with van der Waals surface area (Å²) in [6.45, 7) is 4.36. The van der Waals surface area contributed by atoms with E-state index in [1.54, 1.807) is 0 Å². The Morgan fingerprint density at radius 3 is 2.56 bits per heavy atom. The molecule has 3 N–H and O–H groups in total. The quantitative estimate of drug-likeness (QED) is 0.766. The van der Waals surface area contributed by atoms with E-state index in [2.05, 4.69) is 36.2 Å². The van der Waals surface area contributed by atoms with Gasteiger partial charge < -0.3 is 11.1 Å². The van der Waals surface area contributed by atoms with Crippen LogP contribution in [0.3, 0.4) is 0 Å². The van der Waals surface area contributed by atoms with Crippen molar-refractivity contribution in [1.82, 2.24) is 5.32 Å². The zero-order valence-corrected chi connectivity index (χ0v) is 9.87. The highest BCUT2D eigenvalue weighted by Gasteiger charge is 1.97. The summed E-state index contributed by atoms with van der Waals surface area (Å²) in [5, 5.41) is 3.02. The maximum Gasteiger partial charge on any atom is 0.0154 e. The third-order valence-corrected chi connectivity index (χ3v) is 2.56. The molecule has 1 aromatic rings. The number of aryl methyl sites for hydroxylation is 1. The lowest BCUT2D eigenvalue weighted by molar-refractivity contribution is 0.880.